The molecule has 0 aliphatic carbocycles. The Morgan fingerprint density at radius 1 is 0.254 bits per heavy atom. The predicted octanol–water partition coefficient (Wildman–Crippen LogP) is 11.9. The van der Waals surface area contributed by atoms with Gasteiger partial charge in [-0.25, -0.2) is 0 Å². The number of hydrogen-bond donors (Lipinski definition) is 0. The zero-order valence-electron chi connectivity index (χ0n) is 26.2. The molecule has 36 heteroatoms. The Morgan fingerprint density at radius 2 is 0.424 bits per heavy atom. The summed E-state index contributed by atoms with van der Waals surface area (Å²) in [6.07, 6.45) is -22.8. The number of nitrogens with zero attached hydrogens (tertiary/aromatic N) is 2. The molecule has 0 amide bonds. The number of alkyl halides is 34. The first-order valence-corrected chi connectivity index (χ1v) is 13.6. The lowest BCUT2D eigenvalue weighted by atomic mass is 9.88. The topological polar surface area (TPSA) is 6.48 Å². The minimum atomic E-state index is -8.99. The quantitative estimate of drug-likeness (QED) is 0.126. The van der Waals surface area contributed by atoms with Gasteiger partial charge in [0.15, 0.2) is 0 Å². The molecule has 0 N–H and O–H groups in total. The van der Waals surface area contributed by atoms with Crippen LogP contribution >= 0.6 is 0 Å². The highest BCUT2D eigenvalue weighted by atomic mass is 19.4. The molecule has 2 radical (unpaired) electrons. The van der Waals surface area contributed by atoms with Crippen LogP contribution in [0.2, 0.25) is 0 Å². The van der Waals surface area contributed by atoms with Crippen molar-refractivity contribution in [1.82, 2.24) is 9.80 Å². The Balaban J connectivity index is 3.26. The van der Waals surface area contributed by atoms with Gasteiger partial charge in [-0.2, -0.15) is 149 Å². The van der Waals surface area contributed by atoms with E-state index in [-0.39, 0.29) is 12.4 Å². The lowest BCUT2D eigenvalue weighted by molar-refractivity contribution is -0.461. The van der Waals surface area contributed by atoms with Gasteiger partial charge in [-0.1, -0.05) is 0 Å². The summed E-state index contributed by atoms with van der Waals surface area (Å²) in [6, 6.07) is 0. The summed E-state index contributed by atoms with van der Waals surface area (Å²) in [6.45, 7) is -3.45. The van der Waals surface area contributed by atoms with E-state index in [1.165, 1.54) is 0 Å². The number of hydrogen-bond acceptors (Lipinski definition) is 2. The van der Waals surface area contributed by atoms with E-state index in [9.17, 15) is 149 Å². The zero-order valence-corrected chi connectivity index (χ0v) is 26.2. The van der Waals surface area contributed by atoms with E-state index in [0.717, 1.165) is 6.67 Å². The molecule has 0 atom stereocenters. The first kappa shape index (κ1) is 54.0. The summed E-state index contributed by atoms with van der Waals surface area (Å²) in [4.78, 5) is -0.898. The molecule has 350 valence electrons. The summed E-state index contributed by atoms with van der Waals surface area (Å²) in [5, 5.41) is 0. The molecular formula is C23H10F34N2. The van der Waals surface area contributed by atoms with Crippen LogP contribution in [0.4, 0.5) is 149 Å². The van der Waals surface area contributed by atoms with Crippen molar-refractivity contribution in [3.8, 4) is 0 Å². The lowest BCUT2D eigenvalue weighted by Crippen LogP contribution is -2.74. The predicted molar refractivity (Wildman–Crippen MR) is 116 cm³/mol. The molecular weight excluding hydrogens is 950 g/mol. The van der Waals surface area contributed by atoms with Crippen molar-refractivity contribution in [2.45, 2.75) is 108 Å². The van der Waals surface area contributed by atoms with Gasteiger partial charge in [0.1, 0.15) is 0 Å². The van der Waals surface area contributed by atoms with Crippen molar-refractivity contribution in [1.29, 1.82) is 0 Å². The second kappa shape index (κ2) is 14.3. The van der Waals surface area contributed by atoms with E-state index in [0.29, 0.717) is 0 Å². The van der Waals surface area contributed by atoms with Crippen LogP contribution in [0.1, 0.15) is 12.8 Å². The van der Waals surface area contributed by atoms with Crippen molar-refractivity contribution in [2.24, 2.45) is 0 Å². The fourth-order valence-electron chi connectivity index (χ4n) is 3.87. The zero-order chi connectivity index (χ0) is 48.1. The van der Waals surface area contributed by atoms with Crippen LogP contribution in [-0.4, -0.2) is 118 Å². The van der Waals surface area contributed by atoms with Crippen LogP contribution in [0.5, 0.6) is 0 Å². The summed E-state index contributed by atoms with van der Waals surface area (Å²) < 4.78 is 454. The van der Waals surface area contributed by atoms with Gasteiger partial charge >= 0.3 is 95.3 Å². The van der Waals surface area contributed by atoms with Crippen LogP contribution in [-0.2, 0) is 0 Å². The average Bonchev–Trinajstić information content (AvgIpc) is 3.48. The largest absolute Gasteiger partial charge is 0.460 e. The Hall–Kier alpha value is -3.04. The summed E-state index contributed by atoms with van der Waals surface area (Å²) in [5.41, 5.74) is 0. The third-order valence-electron chi connectivity index (χ3n) is 7.59. The molecule has 0 fully saturated rings. The van der Waals surface area contributed by atoms with E-state index in [2.05, 4.69) is 0 Å². The third-order valence-corrected chi connectivity index (χ3v) is 7.59. The fraction of sp³-hybridized carbons (Fsp3) is 0.870. The van der Waals surface area contributed by atoms with E-state index >= 15 is 0 Å². The summed E-state index contributed by atoms with van der Waals surface area (Å²) in [5.74, 6) is -119. The molecule has 1 heterocycles. The van der Waals surface area contributed by atoms with Gasteiger partial charge in [0.2, 0.25) is 6.67 Å². The molecule has 0 saturated carbocycles. The summed E-state index contributed by atoms with van der Waals surface area (Å²) >= 11 is 0. The van der Waals surface area contributed by atoms with Crippen LogP contribution in [0.15, 0.2) is 12.4 Å². The second-order valence-corrected chi connectivity index (χ2v) is 11.6. The molecule has 0 bridgehead atoms. The first-order chi connectivity index (χ1) is 25.2. The SMILES string of the molecule is FC(F)(F)C(F)(F)C(F)(F)C(F)(F)C(F)(F)C(F)(F)C(F)(F)C(F)(F)CCN1[C]N(CCC(F)(F)C(F)(F)C(F)(F)C(F)(F)C(F)(F)C(F)(F)C(F)(F)C(F)(F)F)C=C1. The smallest absolute Gasteiger partial charge is 0.346 e. The minimum absolute atomic E-state index is 0.0998. The molecule has 2 nitrogen and oxygen atoms in total. The molecule has 1 rings (SSSR count). The highest BCUT2D eigenvalue weighted by molar-refractivity contribution is 5.17. The van der Waals surface area contributed by atoms with Crippen LogP contribution in [0.3, 0.4) is 0 Å². The maximum atomic E-state index is 14.1. The van der Waals surface area contributed by atoms with Gasteiger partial charge in [-0.05, 0) is 0 Å². The molecule has 0 unspecified atom stereocenters. The first-order valence-electron chi connectivity index (χ1n) is 13.6. The molecule has 0 spiro atoms. The molecule has 0 saturated heterocycles. The Bertz CT molecular complexity index is 1400. The van der Waals surface area contributed by atoms with E-state index in [4.69, 9.17) is 0 Å². The minimum Gasteiger partial charge on any atom is -0.346 e. The van der Waals surface area contributed by atoms with E-state index < -0.39 is 131 Å². The van der Waals surface area contributed by atoms with Gasteiger partial charge in [0.05, 0.1) is 0 Å². The maximum absolute atomic E-state index is 14.1. The van der Waals surface area contributed by atoms with Crippen molar-refractivity contribution in [3.63, 3.8) is 0 Å². The Morgan fingerprint density at radius 3 is 0.610 bits per heavy atom. The van der Waals surface area contributed by atoms with Gasteiger partial charge in [0, 0.05) is 38.3 Å². The van der Waals surface area contributed by atoms with Crippen LogP contribution in [0, 0.1) is 6.67 Å². The molecule has 0 aromatic heterocycles. The third kappa shape index (κ3) is 7.44. The highest BCUT2D eigenvalue weighted by Crippen LogP contribution is 2.66. The lowest BCUT2D eigenvalue weighted by Gasteiger charge is -2.43. The number of rotatable bonds is 18. The van der Waals surface area contributed by atoms with Gasteiger partial charge < -0.3 is 9.80 Å². The monoisotopic (exact) mass is 960 g/mol. The molecule has 0 aromatic carbocycles. The van der Waals surface area contributed by atoms with Gasteiger partial charge in [-0.3, -0.25) is 0 Å². The maximum Gasteiger partial charge on any atom is 0.460 e. The Labute approximate surface area is 300 Å². The molecule has 59 heavy (non-hydrogen) atoms. The number of halogens is 34. The standard InChI is InChI=1S/C23H10F34N2/c24-8(25,10(28,29)12(32,33)14(36,37)16(40,41)18(44,45)20(48,49)22(52,53)54)1-3-58-5-6-59(7-58)4-2-9(26,27)11(30,31)13(34,35)15(38,39)17(42,43)19(46,47)21(50,51)23(55,56)57/h5-6H,1-4H2. The van der Waals surface area contributed by atoms with E-state index in [1.54, 1.807) is 0 Å². The van der Waals surface area contributed by atoms with Gasteiger partial charge in [-0.15, -0.1) is 0 Å². The Kier molecular flexibility index (Phi) is 13.0. The van der Waals surface area contributed by atoms with Crippen molar-refractivity contribution in [3.05, 3.63) is 19.1 Å². The fourth-order valence-corrected chi connectivity index (χ4v) is 3.87. The van der Waals surface area contributed by atoms with Crippen molar-refractivity contribution >= 4 is 0 Å². The van der Waals surface area contributed by atoms with Crippen LogP contribution < -0.4 is 0 Å². The van der Waals surface area contributed by atoms with Crippen molar-refractivity contribution in [2.75, 3.05) is 13.1 Å². The second-order valence-electron chi connectivity index (χ2n) is 11.6. The normalized spacial score (nSPS) is 17.7. The molecule has 1 aliphatic rings. The molecule has 1 aliphatic heterocycles. The summed E-state index contributed by atoms with van der Waals surface area (Å²) in [7, 11) is 0. The van der Waals surface area contributed by atoms with Crippen molar-refractivity contribution < 1.29 is 149 Å². The highest BCUT2D eigenvalue weighted by Gasteiger charge is 2.96. The molecule has 0 aromatic rings. The average molecular weight is 960 g/mol. The van der Waals surface area contributed by atoms with Gasteiger partial charge in [0.25, 0.3) is 0 Å². The van der Waals surface area contributed by atoms with Crippen LogP contribution in [0.25, 0.3) is 0 Å². The van der Waals surface area contributed by atoms with E-state index in [1.807, 2.05) is 0 Å².